The first-order chi connectivity index (χ1) is 12.6. The number of nitrogens with zero attached hydrogens (tertiary/aromatic N) is 3. The van der Waals surface area contributed by atoms with E-state index in [-0.39, 0.29) is 11.3 Å². The summed E-state index contributed by atoms with van der Waals surface area (Å²) in [5.74, 6) is 1.11. The summed E-state index contributed by atoms with van der Waals surface area (Å²) in [6, 6.07) is 5.55. The molecule has 0 amide bonds. The molecule has 1 saturated heterocycles. The summed E-state index contributed by atoms with van der Waals surface area (Å²) in [7, 11) is -3.53. The van der Waals surface area contributed by atoms with Crippen LogP contribution in [0.1, 0.15) is 62.4 Å². The van der Waals surface area contributed by atoms with Crippen LogP contribution in [0.15, 0.2) is 27.5 Å². The summed E-state index contributed by atoms with van der Waals surface area (Å²) in [4.78, 5) is 0.391. The molecule has 3 rings (SSSR count). The van der Waals surface area contributed by atoms with Gasteiger partial charge in [0.2, 0.25) is 21.8 Å². The minimum atomic E-state index is -3.53. The predicted octanol–water partition coefficient (Wildman–Crippen LogP) is 3.84. The highest BCUT2D eigenvalue weighted by molar-refractivity contribution is 7.89. The van der Waals surface area contributed by atoms with Gasteiger partial charge in [-0.05, 0) is 49.3 Å². The van der Waals surface area contributed by atoms with Crippen LogP contribution in [0.3, 0.4) is 0 Å². The van der Waals surface area contributed by atoms with Gasteiger partial charge in [0.05, 0.1) is 10.8 Å². The van der Waals surface area contributed by atoms with E-state index in [1.807, 2.05) is 26.0 Å². The fourth-order valence-electron chi connectivity index (χ4n) is 3.44. The lowest BCUT2D eigenvalue weighted by Crippen LogP contribution is -2.39. The summed E-state index contributed by atoms with van der Waals surface area (Å²) in [6.07, 6.45) is 2.35. The topological polar surface area (TPSA) is 76.3 Å². The van der Waals surface area contributed by atoms with Gasteiger partial charge in [-0.3, -0.25) is 0 Å². The second kappa shape index (κ2) is 7.36. The van der Waals surface area contributed by atoms with Gasteiger partial charge in [0.15, 0.2) is 0 Å². The quantitative estimate of drug-likeness (QED) is 0.791. The first-order valence-electron chi connectivity index (χ1n) is 9.46. The zero-order chi connectivity index (χ0) is 19.8. The molecule has 1 aromatic heterocycles. The second-order valence-corrected chi connectivity index (χ2v) is 10.6. The van der Waals surface area contributed by atoms with Crippen molar-refractivity contribution in [1.29, 1.82) is 0 Å². The maximum Gasteiger partial charge on any atom is 0.243 e. The number of benzene rings is 1. The first kappa shape index (κ1) is 20.0. The molecule has 0 saturated carbocycles. The average Bonchev–Trinajstić information content (AvgIpc) is 3.03. The van der Waals surface area contributed by atoms with Gasteiger partial charge in [-0.15, -0.1) is 10.2 Å². The smallest absolute Gasteiger partial charge is 0.243 e. The lowest BCUT2D eigenvalue weighted by Gasteiger charge is -2.30. The fourth-order valence-corrected chi connectivity index (χ4v) is 5.28. The number of hydrogen-bond donors (Lipinski definition) is 0. The van der Waals surface area contributed by atoms with E-state index in [0.29, 0.717) is 36.2 Å². The van der Waals surface area contributed by atoms with Crippen LogP contribution < -0.4 is 0 Å². The van der Waals surface area contributed by atoms with Crippen molar-refractivity contribution >= 4 is 10.0 Å². The van der Waals surface area contributed by atoms with Crippen molar-refractivity contribution in [3.05, 3.63) is 41.1 Å². The molecule has 0 radical (unpaired) electrons. The van der Waals surface area contributed by atoms with Crippen LogP contribution in [0.4, 0.5) is 0 Å². The Morgan fingerprint density at radius 2 is 1.96 bits per heavy atom. The Labute approximate surface area is 162 Å². The van der Waals surface area contributed by atoms with E-state index < -0.39 is 10.0 Å². The Bertz CT molecular complexity index is 913. The van der Waals surface area contributed by atoms with Gasteiger partial charge in [0.1, 0.15) is 0 Å². The average molecular weight is 392 g/mol. The Morgan fingerprint density at radius 1 is 1.22 bits per heavy atom. The number of piperidine rings is 1. The molecule has 148 valence electrons. The second-order valence-electron chi connectivity index (χ2n) is 8.74. The van der Waals surface area contributed by atoms with Crippen molar-refractivity contribution in [3.8, 4) is 0 Å². The number of aryl methyl sites for hydroxylation is 2. The monoisotopic (exact) mass is 391 g/mol. The van der Waals surface area contributed by atoms with Gasteiger partial charge in [0, 0.05) is 19.5 Å². The minimum Gasteiger partial charge on any atom is -0.425 e. The van der Waals surface area contributed by atoms with Crippen molar-refractivity contribution in [2.75, 3.05) is 13.1 Å². The Balaban J connectivity index is 1.81. The molecule has 0 unspecified atom stereocenters. The molecule has 1 aromatic carbocycles. The molecule has 1 fully saturated rings. The zero-order valence-corrected chi connectivity index (χ0v) is 17.6. The van der Waals surface area contributed by atoms with E-state index in [1.54, 1.807) is 10.4 Å². The lowest BCUT2D eigenvalue weighted by atomic mass is 9.92. The third-order valence-corrected chi connectivity index (χ3v) is 6.87. The van der Waals surface area contributed by atoms with Crippen molar-refractivity contribution in [1.82, 2.24) is 14.5 Å². The molecule has 0 spiro atoms. The Kier molecular flexibility index (Phi) is 5.45. The lowest BCUT2D eigenvalue weighted by molar-refractivity contribution is 0.274. The van der Waals surface area contributed by atoms with E-state index in [2.05, 4.69) is 31.0 Å². The summed E-state index contributed by atoms with van der Waals surface area (Å²) in [5, 5.41) is 8.37. The maximum absolute atomic E-state index is 13.2. The SMILES string of the molecule is Cc1ccc(C)c(S(=O)(=O)N2CCC[C@H](c3nnc(CC(C)(C)C)o3)C2)c1. The van der Waals surface area contributed by atoms with E-state index in [1.165, 1.54) is 0 Å². The normalized spacial score (nSPS) is 19.4. The minimum absolute atomic E-state index is 0.0557. The highest BCUT2D eigenvalue weighted by atomic mass is 32.2. The maximum atomic E-state index is 13.2. The van der Waals surface area contributed by atoms with Gasteiger partial charge in [-0.25, -0.2) is 8.42 Å². The summed E-state index contributed by atoms with van der Waals surface area (Å²) in [6.45, 7) is 11.0. The largest absolute Gasteiger partial charge is 0.425 e. The molecule has 2 heterocycles. The molecule has 1 aliphatic rings. The third kappa shape index (κ3) is 4.58. The predicted molar refractivity (Wildman–Crippen MR) is 104 cm³/mol. The summed E-state index contributed by atoms with van der Waals surface area (Å²) in [5.41, 5.74) is 1.78. The highest BCUT2D eigenvalue weighted by Crippen LogP contribution is 2.31. The fraction of sp³-hybridized carbons (Fsp3) is 0.600. The van der Waals surface area contributed by atoms with Crippen LogP contribution >= 0.6 is 0 Å². The van der Waals surface area contributed by atoms with Gasteiger partial charge in [-0.2, -0.15) is 4.31 Å². The van der Waals surface area contributed by atoms with Crippen LogP contribution in [-0.2, 0) is 16.4 Å². The van der Waals surface area contributed by atoms with Gasteiger partial charge in [0.25, 0.3) is 0 Å². The van der Waals surface area contributed by atoms with Crippen molar-refractivity contribution in [3.63, 3.8) is 0 Å². The molecule has 1 aliphatic heterocycles. The molecule has 0 bridgehead atoms. The van der Waals surface area contributed by atoms with Gasteiger partial charge >= 0.3 is 0 Å². The Hall–Kier alpha value is -1.73. The molecule has 1 atom stereocenters. The summed E-state index contributed by atoms with van der Waals surface area (Å²) >= 11 is 0. The van der Waals surface area contributed by atoms with Crippen LogP contribution in [-0.4, -0.2) is 36.0 Å². The van der Waals surface area contributed by atoms with Crippen molar-refractivity contribution in [2.45, 2.75) is 64.7 Å². The van der Waals surface area contributed by atoms with E-state index in [4.69, 9.17) is 4.42 Å². The number of rotatable bonds is 4. The molecule has 27 heavy (non-hydrogen) atoms. The van der Waals surface area contributed by atoms with Crippen LogP contribution in [0.25, 0.3) is 0 Å². The summed E-state index contributed by atoms with van der Waals surface area (Å²) < 4.78 is 33.8. The molecule has 7 heteroatoms. The molecule has 0 N–H and O–H groups in total. The first-order valence-corrected chi connectivity index (χ1v) is 10.9. The Morgan fingerprint density at radius 3 is 2.67 bits per heavy atom. The van der Waals surface area contributed by atoms with Crippen molar-refractivity contribution < 1.29 is 12.8 Å². The van der Waals surface area contributed by atoms with E-state index in [9.17, 15) is 8.42 Å². The zero-order valence-electron chi connectivity index (χ0n) is 16.8. The number of sulfonamides is 1. The van der Waals surface area contributed by atoms with Gasteiger partial charge in [-0.1, -0.05) is 32.9 Å². The molecule has 2 aromatic rings. The van der Waals surface area contributed by atoms with E-state index >= 15 is 0 Å². The molecular weight excluding hydrogens is 362 g/mol. The number of hydrogen-bond acceptors (Lipinski definition) is 5. The van der Waals surface area contributed by atoms with Crippen molar-refractivity contribution in [2.24, 2.45) is 5.41 Å². The van der Waals surface area contributed by atoms with Crippen LogP contribution in [0.2, 0.25) is 0 Å². The third-order valence-electron chi connectivity index (χ3n) is 4.86. The molecule has 6 nitrogen and oxygen atoms in total. The standard InChI is InChI=1S/C20H29N3O3S/c1-14-8-9-15(2)17(11-14)27(24,25)23-10-6-7-16(13-23)19-22-21-18(26-19)12-20(3,4)5/h8-9,11,16H,6-7,10,12-13H2,1-5H3/t16-/m0/s1. The van der Waals surface area contributed by atoms with Crippen LogP contribution in [0.5, 0.6) is 0 Å². The van der Waals surface area contributed by atoms with Crippen LogP contribution in [0, 0.1) is 19.3 Å². The van der Waals surface area contributed by atoms with E-state index in [0.717, 1.165) is 24.0 Å². The highest BCUT2D eigenvalue weighted by Gasteiger charge is 2.34. The van der Waals surface area contributed by atoms with Gasteiger partial charge < -0.3 is 4.42 Å². The number of aromatic nitrogens is 2. The molecule has 0 aliphatic carbocycles. The molecular formula is C20H29N3O3S.